The van der Waals surface area contributed by atoms with Gasteiger partial charge in [-0.05, 0) is 20.3 Å². The van der Waals surface area contributed by atoms with Crippen molar-refractivity contribution in [3.8, 4) is 0 Å². The van der Waals surface area contributed by atoms with Gasteiger partial charge in [0.25, 0.3) is 0 Å². The van der Waals surface area contributed by atoms with Gasteiger partial charge in [0.15, 0.2) is 0 Å². The SMILES string of the molecule is COCCCN1CCNC(C)(C)C1=O. The highest BCUT2D eigenvalue weighted by Gasteiger charge is 2.34. The van der Waals surface area contributed by atoms with E-state index in [1.54, 1.807) is 7.11 Å². The third kappa shape index (κ3) is 2.69. The van der Waals surface area contributed by atoms with Gasteiger partial charge in [0.1, 0.15) is 0 Å². The molecule has 4 nitrogen and oxygen atoms in total. The number of hydrogen-bond donors (Lipinski definition) is 1. The zero-order valence-corrected chi connectivity index (χ0v) is 9.30. The Morgan fingerprint density at radius 2 is 2.29 bits per heavy atom. The first-order valence-corrected chi connectivity index (χ1v) is 5.11. The van der Waals surface area contributed by atoms with Gasteiger partial charge < -0.3 is 15.0 Å². The van der Waals surface area contributed by atoms with E-state index in [0.29, 0.717) is 0 Å². The van der Waals surface area contributed by atoms with Crippen LogP contribution in [0, 0.1) is 0 Å². The Hall–Kier alpha value is -0.610. The predicted octanol–water partition coefficient (Wildman–Crippen LogP) is 0.233. The normalized spacial score (nSPS) is 21.4. The van der Waals surface area contributed by atoms with E-state index in [0.717, 1.165) is 32.7 Å². The highest BCUT2D eigenvalue weighted by Crippen LogP contribution is 2.12. The van der Waals surface area contributed by atoms with Crippen LogP contribution in [-0.4, -0.2) is 49.7 Å². The van der Waals surface area contributed by atoms with Crippen molar-refractivity contribution in [2.75, 3.05) is 33.4 Å². The van der Waals surface area contributed by atoms with Crippen molar-refractivity contribution < 1.29 is 9.53 Å². The van der Waals surface area contributed by atoms with Crippen molar-refractivity contribution in [2.45, 2.75) is 25.8 Å². The van der Waals surface area contributed by atoms with Crippen LogP contribution in [0.2, 0.25) is 0 Å². The molecular weight excluding hydrogens is 180 g/mol. The Morgan fingerprint density at radius 3 is 2.93 bits per heavy atom. The van der Waals surface area contributed by atoms with E-state index in [1.807, 2.05) is 18.7 Å². The smallest absolute Gasteiger partial charge is 0.242 e. The third-order valence-electron chi connectivity index (χ3n) is 2.55. The quantitative estimate of drug-likeness (QED) is 0.661. The minimum Gasteiger partial charge on any atom is -0.385 e. The molecule has 1 rings (SSSR count). The van der Waals surface area contributed by atoms with Crippen LogP contribution in [0.3, 0.4) is 0 Å². The van der Waals surface area contributed by atoms with Crippen LogP contribution in [-0.2, 0) is 9.53 Å². The van der Waals surface area contributed by atoms with E-state index in [9.17, 15) is 4.79 Å². The topological polar surface area (TPSA) is 41.6 Å². The first kappa shape index (κ1) is 11.5. The fourth-order valence-electron chi connectivity index (χ4n) is 1.69. The van der Waals surface area contributed by atoms with Crippen LogP contribution < -0.4 is 5.32 Å². The lowest BCUT2D eigenvalue weighted by Gasteiger charge is -2.38. The monoisotopic (exact) mass is 200 g/mol. The van der Waals surface area contributed by atoms with Crippen molar-refractivity contribution in [3.05, 3.63) is 0 Å². The maximum absolute atomic E-state index is 11.9. The molecule has 0 atom stereocenters. The molecule has 1 heterocycles. The number of carbonyl (C=O) groups excluding carboxylic acids is 1. The number of amides is 1. The molecule has 0 spiro atoms. The average Bonchev–Trinajstić information content (AvgIpc) is 2.13. The first-order chi connectivity index (χ1) is 6.58. The van der Waals surface area contributed by atoms with Crippen molar-refractivity contribution in [1.82, 2.24) is 10.2 Å². The van der Waals surface area contributed by atoms with Crippen LogP contribution in [0.15, 0.2) is 0 Å². The largest absolute Gasteiger partial charge is 0.385 e. The molecular formula is C10H20N2O2. The maximum Gasteiger partial charge on any atom is 0.242 e. The van der Waals surface area contributed by atoms with Gasteiger partial charge in [-0.1, -0.05) is 0 Å². The molecule has 1 amide bonds. The van der Waals surface area contributed by atoms with Gasteiger partial charge in [0, 0.05) is 33.4 Å². The summed E-state index contributed by atoms with van der Waals surface area (Å²) in [6, 6.07) is 0. The fraction of sp³-hybridized carbons (Fsp3) is 0.900. The standard InChI is InChI=1S/C10H20N2O2/c1-10(2)9(13)12(7-5-11-10)6-4-8-14-3/h11H,4-8H2,1-3H3. The van der Waals surface area contributed by atoms with Crippen LogP contribution in [0.4, 0.5) is 0 Å². The number of carbonyl (C=O) groups is 1. The van der Waals surface area contributed by atoms with E-state index in [-0.39, 0.29) is 5.91 Å². The summed E-state index contributed by atoms with van der Waals surface area (Å²) >= 11 is 0. The molecule has 1 fully saturated rings. The molecule has 0 saturated carbocycles. The number of ether oxygens (including phenoxy) is 1. The summed E-state index contributed by atoms with van der Waals surface area (Å²) in [5, 5.41) is 3.21. The summed E-state index contributed by atoms with van der Waals surface area (Å²) < 4.78 is 4.97. The van der Waals surface area contributed by atoms with Gasteiger partial charge >= 0.3 is 0 Å². The molecule has 0 bridgehead atoms. The first-order valence-electron chi connectivity index (χ1n) is 5.11. The van der Waals surface area contributed by atoms with Gasteiger partial charge in [-0.2, -0.15) is 0 Å². The highest BCUT2D eigenvalue weighted by atomic mass is 16.5. The van der Waals surface area contributed by atoms with Gasteiger partial charge in [0.05, 0.1) is 5.54 Å². The van der Waals surface area contributed by atoms with E-state index >= 15 is 0 Å². The van der Waals surface area contributed by atoms with Crippen LogP contribution in [0.1, 0.15) is 20.3 Å². The van der Waals surface area contributed by atoms with Crippen LogP contribution >= 0.6 is 0 Å². The molecule has 0 unspecified atom stereocenters. The Kier molecular flexibility index (Phi) is 3.89. The Bertz CT molecular complexity index is 204. The number of nitrogens with one attached hydrogen (secondary N) is 1. The third-order valence-corrected chi connectivity index (χ3v) is 2.55. The Balaban J connectivity index is 2.41. The summed E-state index contributed by atoms with van der Waals surface area (Å²) in [6.07, 6.45) is 0.915. The number of hydrogen-bond acceptors (Lipinski definition) is 3. The number of methoxy groups -OCH3 is 1. The average molecular weight is 200 g/mol. The molecule has 1 aliphatic rings. The van der Waals surface area contributed by atoms with E-state index in [4.69, 9.17) is 4.74 Å². The molecule has 0 aromatic carbocycles. The minimum absolute atomic E-state index is 0.194. The minimum atomic E-state index is -0.397. The zero-order chi connectivity index (χ0) is 10.6. The van der Waals surface area contributed by atoms with Crippen LogP contribution in [0.5, 0.6) is 0 Å². The molecule has 82 valence electrons. The summed E-state index contributed by atoms with van der Waals surface area (Å²) in [4.78, 5) is 13.8. The molecule has 4 heteroatoms. The second kappa shape index (κ2) is 4.75. The molecule has 0 radical (unpaired) electrons. The van der Waals surface area contributed by atoms with Crippen LogP contribution in [0.25, 0.3) is 0 Å². The molecule has 0 aliphatic carbocycles. The van der Waals surface area contributed by atoms with Crippen molar-refractivity contribution >= 4 is 5.91 Å². The molecule has 0 aromatic heterocycles. The summed E-state index contributed by atoms with van der Waals surface area (Å²) in [5.74, 6) is 0.194. The summed E-state index contributed by atoms with van der Waals surface area (Å²) in [5.41, 5.74) is -0.397. The lowest BCUT2D eigenvalue weighted by Crippen LogP contribution is -2.61. The molecule has 0 aromatic rings. The van der Waals surface area contributed by atoms with Gasteiger partial charge in [0.2, 0.25) is 5.91 Å². The van der Waals surface area contributed by atoms with Crippen molar-refractivity contribution in [1.29, 1.82) is 0 Å². The number of piperazine rings is 1. The second-order valence-electron chi connectivity index (χ2n) is 4.19. The van der Waals surface area contributed by atoms with Crippen molar-refractivity contribution in [3.63, 3.8) is 0 Å². The molecule has 1 saturated heterocycles. The lowest BCUT2D eigenvalue weighted by atomic mass is 10.0. The lowest BCUT2D eigenvalue weighted by molar-refractivity contribution is -0.140. The molecule has 14 heavy (non-hydrogen) atoms. The van der Waals surface area contributed by atoms with Gasteiger partial charge in [-0.3, -0.25) is 4.79 Å². The Morgan fingerprint density at radius 1 is 1.57 bits per heavy atom. The Labute approximate surface area is 85.6 Å². The van der Waals surface area contributed by atoms with E-state index in [1.165, 1.54) is 0 Å². The summed E-state index contributed by atoms with van der Waals surface area (Å²) in [6.45, 7) is 7.07. The number of nitrogens with zero attached hydrogens (tertiary/aromatic N) is 1. The second-order valence-corrected chi connectivity index (χ2v) is 4.19. The van der Waals surface area contributed by atoms with E-state index in [2.05, 4.69) is 5.32 Å². The maximum atomic E-state index is 11.9. The predicted molar refractivity (Wildman–Crippen MR) is 55.2 cm³/mol. The summed E-state index contributed by atoms with van der Waals surface area (Å²) in [7, 11) is 1.68. The van der Waals surface area contributed by atoms with E-state index < -0.39 is 5.54 Å². The van der Waals surface area contributed by atoms with Gasteiger partial charge in [-0.15, -0.1) is 0 Å². The number of rotatable bonds is 4. The molecule has 1 aliphatic heterocycles. The van der Waals surface area contributed by atoms with Gasteiger partial charge in [-0.25, -0.2) is 0 Å². The fourth-order valence-corrected chi connectivity index (χ4v) is 1.69. The zero-order valence-electron chi connectivity index (χ0n) is 9.30. The molecule has 1 N–H and O–H groups in total. The van der Waals surface area contributed by atoms with Crippen molar-refractivity contribution in [2.24, 2.45) is 0 Å². The highest BCUT2D eigenvalue weighted by molar-refractivity contribution is 5.86.